The van der Waals surface area contributed by atoms with Crippen molar-refractivity contribution in [3.05, 3.63) is 48.0 Å². The molecule has 0 unspecified atom stereocenters. The Hall–Kier alpha value is -2.07. The third kappa shape index (κ3) is 7.50. The highest BCUT2D eigenvalue weighted by Gasteiger charge is 2.44. The Morgan fingerprint density at radius 1 is 0.919 bits per heavy atom. The molecule has 3 N–H and O–H groups in total. The lowest BCUT2D eigenvalue weighted by molar-refractivity contribution is 0.102. The van der Waals surface area contributed by atoms with E-state index in [4.69, 9.17) is 0 Å². The lowest BCUT2D eigenvalue weighted by atomic mass is 9.93. The summed E-state index contributed by atoms with van der Waals surface area (Å²) in [5.41, 5.74) is 1.66. The van der Waals surface area contributed by atoms with Gasteiger partial charge in [0.15, 0.2) is 0 Å². The predicted molar refractivity (Wildman–Crippen MR) is 153 cm³/mol. The van der Waals surface area contributed by atoms with Crippen LogP contribution < -0.4 is 19.7 Å². The number of carbonyl (C=O) groups is 1. The third-order valence-electron chi connectivity index (χ3n) is 6.65. The number of nitrogens with zero attached hydrogens (tertiary/aromatic N) is 1. The second-order valence-electron chi connectivity index (χ2n) is 12.5. The molecule has 7 nitrogen and oxygen atoms in total. The first-order valence-electron chi connectivity index (χ1n) is 12.9. The Labute approximate surface area is 226 Å². The molecule has 1 saturated carbocycles. The minimum Gasteiger partial charge on any atom is -0.371 e. The van der Waals surface area contributed by atoms with Crippen molar-refractivity contribution in [2.24, 2.45) is 5.41 Å². The van der Waals surface area contributed by atoms with Gasteiger partial charge in [-0.3, -0.25) is 9.52 Å². The maximum absolute atomic E-state index is 13.5. The van der Waals surface area contributed by atoms with Crippen LogP contribution in [-0.2, 0) is 10.0 Å². The van der Waals surface area contributed by atoms with Gasteiger partial charge >= 0.3 is 0 Å². The summed E-state index contributed by atoms with van der Waals surface area (Å²) in [6, 6.07) is 12.5. The van der Waals surface area contributed by atoms with Gasteiger partial charge in [-0.1, -0.05) is 6.07 Å². The van der Waals surface area contributed by atoms with Crippen LogP contribution in [0.25, 0.3) is 0 Å². The highest BCUT2D eigenvalue weighted by molar-refractivity contribution is 7.97. The van der Waals surface area contributed by atoms with Gasteiger partial charge < -0.3 is 10.2 Å². The molecule has 0 radical (unpaired) electrons. The fourth-order valence-corrected chi connectivity index (χ4v) is 6.74. The molecule has 0 aromatic heterocycles. The molecule has 0 bridgehead atoms. The highest BCUT2D eigenvalue weighted by Crippen LogP contribution is 2.54. The van der Waals surface area contributed by atoms with Crippen LogP contribution in [0.3, 0.4) is 0 Å². The zero-order valence-corrected chi connectivity index (χ0v) is 24.4. The number of amides is 1. The Bertz CT molecular complexity index is 1250. The normalized spacial score (nSPS) is 17.6. The molecule has 1 spiro atoms. The van der Waals surface area contributed by atoms with Gasteiger partial charge in [0.25, 0.3) is 5.91 Å². The van der Waals surface area contributed by atoms with Crippen molar-refractivity contribution in [2.45, 2.75) is 88.1 Å². The first kappa shape index (κ1) is 28.0. The molecule has 4 rings (SSSR count). The van der Waals surface area contributed by atoms with Crippen molar-refractivity contribution < 1.29 is 13.2 Å². The quantitative estimate of drug-likeness (QED) is 0.382. The molecular weight excluding hydrogens is 504 g/mol. The molecule has 1 aliphatic heterocycles. The Kier molecular flexibility index (Phi) is 7.74. The number of anilines is 2. The van der Waals surface area contributed by atoms with Gasteiger partial charge in [0.05, 0.1) is 16.1 Å². The summed E-state index contributed by atoms with van der Waals surface area (Å²) in [4.78, 5) is 16.9. The van der Waals surface area contributed by atoms with Crippen molar-refractivity contribution in [1.29, 1.82) is 0 Å². The zero-order valence-electron chi connectivity index (χ0n) is 22.8. The number of hydrogen-bond donors (Lipinski definition) is 3. The topological polar surface area (TPSA) is 90.5 Å². The number of carbonyl (C=O) groups excluding carboxylic acids is 1. The summed E-state index contributed by atoms with van der Waals surface area (Å²) >= 11 is 1.52. The van der Waals surface area contributed by atoms with E-state index in [0.717, 1.165) is 30.8 Å². The van der Waals surface area contributed by atoms with Crippen molar-refractivity contribution in [2.75, 3.05) is 23.3 Å². The van der Waals surface area contributed by atoms with Crippen LogP contribution in [-0.4, -0.2) is 38.5 Å². The van der Waals surface area contributed by atoms with E-state index in [0.29, 0.717) is 22.4 Å². The molecule has 2 aromatic rings. The maximum atomic E-state index is 13.5. The monoisotopic (exact) mass is 544 g/mol. The van der Waals surface area contributed by atoms with Crippen molar-refractivity contribution in [3.63, 3.8) is 0 Å². The minimum absolute atomic E-state index is 0.0454. The van der Waals surface area contributed by atoms with Gasteiger partial charge in [-0.15, -0.1) is 0 Å². The van der Waals surface area contributed by atoms with Crippen LogP contribution in [0.2, 0.25) is 0 Å². The van der Waals surface area contributed by atoms with E-state index in [-0.39, 0.29) is 16.3 Å². The molecule has 0 atom stereocenters. The van der Waals surface area contributed by atoms with Crippen molar-refractivity contribution in [1.82, 2.24) is 9.44 Å². The molecule has 1 heterocycles. The summed E-state index contributed by atoms with van der Waals surface area (Å²) in [7, 11) is -3.73. The van der Waals surface area contributed by atoms with Gasteiger partial charge in [-0.25, -0.2) is 13.1 Å². The van der Waals surface area contributed by atoms with E-state index in [2.05, 4.69) is 40.4 Å². The summed E-state index contributed by atoms with van der Waals surface area (Å²) in [6.07, 6.45) is 4.70. The molecule has 1 aliphatic carbocycles. The second-order valence-corrected chi connectivity index (χ2v) is 15.0. The molecule has 2 aromatic carbocycles. The lowest BCUT2D eigenvalue weighted by Gasteiger charge is -2.35. The van der Waals surface area contributed by atoms with Gasteiger partial charge in [-0.05, 0) is 121 Å². The number of rotatable bonds is 7. The van der Waals surface area contributed by atoms with Gasteiger partial charge in [0.1, 0.15) is 0 Å². The number of nitrogens with one attached hydrogen (secondary N) is 3. The summed E-state index contributed by atoms with van der Waals surface area (Å²) in [5.74, 6) is -0.250. The molecule has 9 heteroatoms. The van der Waals surface area contributed by atoms with Crippen LogP contribution in [0.5, 0.6) is 0 Å². The van der Waals surface area contributed by atoms with E-state index < -0.39 is 15.6 Å². The Morgan fingerprint density at radius 3 is 2.19 bits per heavy atom. The third-order valence-corrected chi connectivity index (χ3v) is 9.61. The molecule has 1 amide bonds. The average Bonchev–Trinajstić information content (AvgIpc) is 3.55. The van der Waals surface area contributed by atoms with Gasteiger partial charge in [0.2, 0.25) is 10.0 Å². The fraction of sp³-hybridized carbons (Fsp3) is 0.536. The van der Waals surface area contributed by atoms with Gasteiger partial charge in [-0.2, -0.15) is 0 Å². The number of sulfonamides is 1. The molecule has 202 valence electrons. The summed E-state index contributed by atoms with van der Waals surface area (Å²) in [5, 5.41) is 3.03. The molecular formula is C28H40N4O3S2. The highest BCUT2D eigenvalue weighted by atomic mass is 32.2. The molecule has 37 heavy (non-hydrogen) atoms. The van der Waals surface area contributed by atoms with Crippen LogP contribution in [0, 0.1) is 5.41 Å². The molecule has 2 aliphatic rings. The Balaban J connectivity index is 1.60. The molecule has 2 fully saturated rings. The van der Waals surface area contributed by atoms with Crippen LogP contribution in [0.1, 0.15) is 77.6 Å². The first-order valence-corrected chi connectivity index (χ1v) is 15.2. The van der Waals surface area contributed by atoms with Crippen molar-refractivity contribution >= 4 is 39.3 Å². The van der Waals surface area contributed by atoms with Crippen LogP contribution >= 0.6 is 11.9 Å². The number of piperidine rings is 1. The lowest BCUT2D eigenvalue weighted by Crippen LogP contribution is -2.40. The van der Waals surface area contributed by atoms with E-state index in [9.17, 15) is 13.2 Å². The molecule has 1 saturated heterocycles. The largest absolute Gasteiger partial charge is 0.371 e. The van der Waals surface area contributed by atoms with E-state index in [1.54, 1.807) is 12.1 Å². The van der Waals surface area contributed by atoms with E-state index in [1.807, 2.05) is 45.0 Å². The predicted octanol–water partition coefficient (Wildman–Crippen LogP) is 5.79. The summed E-state index contributed by atoms with van der Waals surface area (Å²) in [6.45, 7) is 13.4. The summed E-state index contributed by atoms with van der Waals surface area (Å²) < 4.78 is 32.3. The zero-order chi connectivity index (χ0) is 27.1. The van der Waals surface area contributed by atoms with Crippen molar-refractivity contribution in [3.8, 4) is 0 Å². The first-order chi connectivity index (χ1) is 17.1. The van der Waals surface area contributed by atoms with E-state index >= 15 is 0 Å². The van der Waals surface area contributed by atoms with E-state index in [1.165, 1.54) is 30.9 Å². The number of benzene rings is 2. The smallest absolute Gasteiger partial charge is 0.257 e. The van der Waals surface area contributed by atoms with Gasteiger partial charge in [0, 0.05) is 34.8 Å². The average molecular weight is 545 g/mol. The SMILES string of the molecule is CC(C)(C)NSc1cccc(NC(=O)c2ccc(S(=O)(=O)NC(C)(C)C)cc2N2CCC3(CC2)CC3)c1. The number of hydrogen-bond acceptors (Lipinski definition) is 6. The fourth-order valence-electron chi connectivity index (χ4n) is 4.54. The van der Waals surface area contributed by atoms with Crippen LogP contribution in [0.4, 0.5) is 11.4 Å². The minimum atomic E-state index is -3.73. The maximum Gasteiger partial charge on any atom is 0.257 e. The Morgan fingerprint density at radius 2 is 1.59 bits per heavy atom. The second kappa shape index (κ2) is 10.2. The standard InChI is InChI=1S/C28H40N4O3S2/c1-26(2,3)30-36-21-9-7-8-20(18-21)29-25(33)23-11-10-22(37(34,35)31-27(4,5)6)19-24(23)32-16-14-28(12-13-28)15-17-32/h7-11,18-19,30-31H,12-17H2,1-6H3,(H,29,33). The van der Waals surface area contributed by atoms with Crippen LogP contribution in [0.15, 0.2) is 52.3 Å².